The van der Waals surface area contributed by atoms with Crippen LogP contribution >= 0.6 is 0 Å². The number of fused-ring (bicyclic) bond motifs is 1. The molecule has 3 nitrogen and oxygen atoms in total. The molecule has 0 aliphatic rings. The van der Waals surface area contributed by atoms with Gasteiger partial charge in [-0.2, -0.15) is 5.10 Å². The number of benzene rings is 1. The van der Waals surface area contributed by atoms with Crippen LogP contribution in [0.5, 0.6) is 0 Å². The Labute approximate surface area is 76.4 Å². The van der Waals surface area contributed by atoms with Gasteiger partial charge in [0, 0.05) is 24.1 Å². The van der Waals surface area contributed by atoms with Gasteiger partial charge < -0.3 is 5.11 Å². The summed E-state index contributed by atoms with van der Waals surface area (Å²) < 4.78 is 0. The molecular weight excluding hydrogens is 164 g/mol. The van der Waals surface area contributed by atoms with Gasteiger partial charge >= 0.3 is 0 Å². The van der Waals surface area contributed by atoms with Crippen LogP contribution in [0.4, 0.5) is 0 Å². The third kappa shape index (κ3) is 1.31. The fourth-order valence-corrected chi connectivity index (χ4v) is 1.54. The maximum atomic E-state index is 8.82. The molecule has 0 saturated carbocycles. The summed E-state index contributed by atoms with van der Waals surface area (Å²) in [4.78, 5) is 0. The second-order valence-electron chi connectivity index (χ2n) is 3.15. The molecule has 0 amide bonds. The van der Waals surface area contributed by atoms with Gasteiger partial charge in [-0.25, -0.2) is 0 Å². The molecule has 0 bridgehead atoms. The highest BCUT2D eigenvalue weighted by Crippen LogP contribution is 2.18. The van der Waals surface area contributed by atoms with Crippen LogP contribution in [0.1, 0.15) is 11.3 Å². The largest absolute Gasteiger partial charge is 0.396 e. The molecule has 2 rings (SSSR count). The van der Waals surface area contributed by atoms with Crippen molar-refractivity contribution in [1.82, 2.24) is 10.2 Å². The van der Waals surface area contributed by atoms with Gasteiger partial charge in [0.05, 0.1) is 5.52 Å². The van der Waals surface area contributed by atoms with E-state index < -0.39 is 0 Å². The van der Waals surface area contributed by atoms with Crippen molar-refractivity contribution >= 4 is 10.9 Å². The van der Waals surface area contributed by atoms with Crippen molar-refractivity contribution in [3.05, 3.63) is 29.5 Å². The van der Waals surface area contributed by atoms with Gasteiger partial charge in [0.15, 0.2) is 0 Å². The maximum Gasteiger partial charge on any atom is 0.0952 e. The molecule has 1 aromatic heterocycles. The highest BCUT2D eigenvalue weighted by atomic mass is 16.3. The molecule has 2 N–H and O–H groups in total. The Kier molecular flexibility index (Phi) is 2.02. The molecule has 68 valence electrons. The second kappa shape index (κ2) is 3.18. The second-order valence-corrected chi connectivity index (χ2v) is 3.15. The van der Waals surface area contributed by atoms with Crippen LogP contribution < -0.4 is 0 Å². The number of aromatic nitrogens is 2. The summed E-state index contributed by atoms with van der Waals surface area (Å²) in [7, 11) is 0. The number of nitrogens with one attached hydrogen (secondary N) is 1. The first-order valence-electron chi connectivity index (χ1n) is 4.36. The third-order valence-electron chi connectivity index (χ3n) is 2.23. The van der Waals surface area contributed by atoms with Crippen molar-refractivity contribution < 1.29 is 5.11 Å². The number of hydrogen-bond acceptors (Lipinski definition) is 2. The summed E-state index contributed by atoms with van der Waals surface area (Å²) in [6.45, 7) is 2.19. The van der Waals surface area contributed by atoms with Crippen LogP contribution in [0.15, 0.2) is 18.2 Å². The van der Waals surface area contributed by atoms with Crippen LogP contribution in [0.2, 0.25) is 0 Å². The molecule has 0 saturated heterocycles. The first-order chi connectivity index (χ1) is 6.33. The number of H-pyrrole nitrogens is 1. The fraction of sp³-hybridized carbons (Fsp3) is 0.300. The average Bonchev–Trinajstić information content (AvgIpc) is 2.51. The Morgan fingerprint density at radius 1 is 1.46 bits per heavy atom. The predicted molar refractivity (Wildman–Crippen MR) is 51.6 cm³/mol. The average molecular weight is 176 g/mol. The topological polar surface area (TPSA) is 48.9 Å². The summed E-state index contributed by atoms with van der Waals surface area (Å²) in [6, 6.07) is 6.07. The molecule has 3 heteroatoms. The molecule has 0 aliphatic carbocycles. The monoisotopic (exact) mass is 176 g/mol. The molecular formula is C10H12N2O. The summed E-state index contributed by atoms with van der Waals surface area (Å²) in [5, 5.41) is 17.1. The number of nitrogens with zero attached hydrogens (tertiary/aromatic N) is 1. The van der Waals surface area contributed by atoms with E-state index in [9.17, 15) is 0 Å². The first-order valence-corrected chi connectivity index (χ1v) is 4.36. The Morgan fingerprint density at radius 2 is 2.31 bits per heavy atom. The van der Waals surface area contributed by atoms with Crippen molar-refractivity contribution in [1.29, 1.82) is 0 Å². The molecule has 1 aromatic carbocycles. The van der Waals surface area contributed by atoms with E-state index in [1.165, 1.54) is 0 Å². The highest BCUT2D eigenvalue weighted by molar-refractivity contribution is 5.84. The van der Waals surface area contributed by atoms with Crippen molar-refractivity contribution in [2.75, 3.05) is 6.61 Å². The van der Waals surface area contributed by atoms with Gasteiger partial charge in [-0.3, -0.25) is 5.10 Å². The highest BCUT2D eigenvalue weighted by Gasteiger charge is 2.05. The molecule has 13 heavy (non-hydrogen) atoms. The van der Waals surface area contributed by atoms with E-state index in [1.807, 2.05) is 25.1 Å². The minimum atomic E-state index is 0.158. The number of hydrogen-bond donors (Lipinski definition) is 2. The van der Waals surface area contributed by atoms with Gasteiger partial charge in [0.25, 0.3) is 0 Å². The van der Waals surface area contributed by atoms with Crippen LogP contribution in [0.3, 0.4) is 0 Å². The van der Waals surface area contributed by atoms with E-state index in [1.54, 1.807) is 0 Å². The lowest BCUT2D eigenvalue weighted by Gasteiger charge is -1.95. The van der Waals surface area contributed by atoms with E-state index in [2.05, 4.69) is 10.2 Å². The summed E-state index contributed by atoms with van der Waals surface area (Å²) in [5.41, 5.74) is 3.19. The van der Waals surface area contributed by atoms with Gasteiger partial charge in [-0.15, -0.1) is 0 Å². The van der Waals surface area contributed by atoms with Gasteiger partial charge in [-0.05, 0) is 12.5 Å². The molecule has 0 unspecified atom stereocenters. The SMILES string of the molecule is Cc1cccc2c(CCO)[nH]nc12. The van der Waals surface area contributed by atoms with Crippen molar-refractivity contribution in [3.8, 4) is 0 Å². The number of aryl methyl sites for hydroxylation is 1. The Hall–Kier alpha value is -1.35. The molecule has 0 fully saturated rings. The zero-order chi connectivity index (χ0) is 9.26. The van der Waals surface area contributed by atoms with E-state index in [0.29, 0.717) is 6.42 Å². The number of aromatic amines is 1. The zero-order valence-corrected chi connectivity index (χ0v) is 7.54. The van der Waals surface area contributed by atoms with E-state index in [-0.39, 0.29) is 6.61 Å². The number of para-hydroxylation sites is 1. The zero-order valence-electron chi connectivity index (χ0n) is 7.54. The summed E-state index contributed by atoms with van der Waals surface area (Å²) >= 11 is 0. The lowest BCUT2D eigenvalue weighted by molar-refractivity contribution is 0.298. The number of aliphatic hydroxyl groups is 1. The molecule has 2 aromatic rings. The Bertz CT molecular complexity index is 420. The molecule has 0 spiro atoms. The maximum absolute atomic E-state index is 8.82. The smallest absolute Gasteiger partial charge is 0.0952 e. The van der Waals surface area contributed by atoms with Crippen LogP contribution in [-0.4, -0.2) is 21.9 Å². The van der Waals surface area contributed by atoms with Gasteiger partial charge in [-0.1, -0.05) is 18.2 Å². The molecule has 0 atom stereocenters. The molecule has 0 radical (unpaired) electrons. The fourth-order valence-electron chi connectivity index (χ4n) is 1.54. The third-order valence-corrected chi connectivity index (χ3v) is 2.23. The number of aliphatic hydroxyl groups excluding tert-OH is 1. The van der Waals surface area contributed by atoms with Crippen LogP contribution in [-0.2, 0) is 6.42 Å². The Morgan fingerprint density at radius 3 is 3.08 bits per heavy atom. The number of rotatable bonds is 2. The van der Waals surface area contributed by atoms with E-state index >= 15 is 0 Å². The molecule has 1 heterocycles. The van der Waals surface area contributed by atoms with Crippen LogP contribution in [0, 0.1) is 6.92 Å². The van der Waals surface area contributed by atoms with E-state index in [0.717, 1.165) is 22.2 Å². The van der Waals surface area contributed by atoms with Crippen molar-refractivity contribution in [2.24, 2.45) is 0 Å². The minimum Gasteiger partial charge on any atom is -0.396 e. The summed E-state index contributed by atoms with van der Waals surface area (Å²) in [6.07, 6.45) is 0.639. The standard InChI is InChI=1S/C10H12N2O/c1-7-3-2-4-8-9(5-6-13)11-12-10(7)8/h2-4,13H,5-6H2,1H3,(H,11,12). The minimum absolute atomic E-state index is 0.158. The Balaban J connectivity index is 2.61. The lowest BCUT2D eigenvalue weighted by Crippen LogP contribution is -1.90. The predicted octanol–water partition coefficient (Wildman–Crippen LogP) is 1.41. The summed E-state index contributed by atoms with van der Waals surface area (Å²) in [5.74, 6) is 0. The quantitative estimate of drug-likeness (QED) is 0.726. The van der Waals surface area contributed by atoms with E-state index in [4.69, 9.17) is 5.11 Å². The van der Waals surface area contributed by atoms with Crippen molar-refractivity contribution in [3.63, 3.8) is 0 Å². The van der Waals surface area contributed by atoms with Crippen LogP contribution in [0.25, 0.3) is 10.9 Å². The van der Waals surface area contributed by atoms with Gasteiger partial charge in [0.2, 0.25) is 0 Å². The van der Waals surface area contributed by atoms with Gasteiger partial charge in [0.1, 0.15) is 0 Å². The lowest BCUT2D eigenvalue weighted by atomic mass is 10.1. The molecule has 0 aliphatic heterocycles. The first kappa shape index (κ1) is 8.26. The normalized spacial score (nSPS) is 10.9. The van der Waals surface area contributed by atoms with Crippen molar-refractivity contribution in [2.45, 2.75) is 13.3 Å².